The van der Waals surface area contributed by atoms with Crippen molar-refractivity contribution in [2.24, 2.45) is 5.10 Å². The van der Waals surface area contributed by atoms with Gasteiger partial charge in [-0.1, -0.05) is 12.1 Å². The minimum Gasteiger partial charge on any atom is -0.423 e. The summed E-state index contributed by atoms with van der Waals surface area (Å²) in [5, 5.41) is 36.6. The zero-order valence-corrected chi connectivity index (χ0v) is 16.5. The van der Waals surface area contributed by atoms with Gasteiger partial charge in [0.05, 0.1) is 38.3 Å². The van der Waals surface area contributed by atoms with Gasteiger partial charge in [0.25, 0.3) is 17.1 Å². The summed E-state index contributed by atoms with van der Waals surface area (Å²) >= 11 is 0. The van der Waals surface area contributed by atoms with E-state index in [-0.39, 0.29) is 17.0 Å². The third-order valence-corrected chi connectivity index (χ3v) is 4.11. The lowest BCUT2D eigenvalue weighted by molar-refractivity contribution is -0.394. The molecule has 33 heavy (non-hydrogen) atoms. The molecule has 0 fully saturated rings. The highest BCUT2D eigenvalue weighted by Crippen LogP contribution is 2.24. The Balaban J connectivity index is 1.71. The second-order valence-corrected chi connectivity index (χ2v) is 6.39. The van der Waals surface area contributed by atoms with Crippen LogP contribution >= 0.6 is 0 Å². The number of hydrazone groups is 1. The van der Waals surface area contributed by atoms with Crippen LogP contribution in [-0.4, -0.2) is 27.0 Å². The van der Waals surface area contributed by atoms with Crippen molar-refractivity contribution >= 4 is 34.9 Å². The van der Waals surface area contributed by atoms with Gasteiger partial charge < -0.3 is 4.74 Å². The Morgan fingerprint density at radius 1 is 0.818 bits per heavy atom. The van der Waals surface area contributed by atoms with Crippen LogP contribution in [0.3, 0.4) is 0 Å². The number of carbonyl (C=O) groups is 1. The number of rotatable bonds is 8. The zero-order chi connectivity index (χ0) is 24.0. The summed E-state index contributed by atoms with van der Waals surface area (Å²) in [6.45, 7) is 0. The second kappa shape index (κ2) is 9.74. The van der Waals surface area contributed by atoms with Gasteiger partial charge in [-0.25, -0.2) is 4.79 Å². The Kier molecular flexibility index (Phi) is 6.64. The van der Waals surface area contributed by atoms with Crippen LogP contribution in [0.5, 0.6) is 5.75 Å². The minimum atomic E-state index is -1.01. The number of nitro groups is 3. The number of carbonyl (C=O) groups excluding carboxylic acids is 1. The highest BCUT2D eigenvalue weighted by atomic mass is 16.6. The van der Waals surface area contributed by atoms with Crippen LogP contribution in [0.25, 0.3) is 0 Å². The number of ether oxygens (including phenoxy) is 1. The van der Waals surface area contributed by atoms with Crippen molar-refractivity contribution in [3.8, 4) is 5.75 Å². The van der Waals surface area contributed by atoms with E-state index in [9.17, 15) is 35.1 Å². The summed E-state index contributed by atoms with van der Waals surface area (Å²) in [4.78, 5) is 42.8. The summed E-state index contributed by atoms with van der Waals surface area (Å²) in [6.07, 6.45) is 1.40. The fourth-order valence-corrected chi connectivity index (χ4v) is 2.59. The van der Waals surface area contributed by atoms with Crippen LogP contribution in [-0.2, 0) is 0 Å². The van der Waals surface area contributed by atoms with Crippen molar-refractivity contribution in [3.05, 3.63) is 108 Å². The van der Waals surface area contributed by atoms with Crippen LogP contribution in [0, 0.1) is 30.3 Å². The molecule has 0 saturated carbocycles. The molecule has 13 nitrogen and oxygen atoms in total. The maximum Gasteiger partial charge on any atom is 0.344 e. The summed E-state index contributed by atoms with van der Waals surface area (Å²) in [6, 6.07) is 14.2. The molecule has 0 atom stereocenters. The van der Waals surface area contributed by atoms with Crippen molar-refractivity contribution in [2.75, 3.05) is 5.43 Å². The van der Waals surface area contributed by atoms with Crippen molar-refractivity contribution in [1.29, 1.82) is 0 Å². The number of hydrogen-bond acceptors (Lipinski definition) is 10. The largest absolute Gasteiger partial charge is 0.423 e. The fraction of sp³-hybridized carbons (Fsp3) is 0. The molecule has 1 N–H and O–H groups in total. The average molecular weight is 451 g/mol. The third kappa shape index (κ3) is 5.91. The molecule has 166 valence electrons. The molecule has 0 unspecified atom stereocenters. The lowest BCUT2D eigenvalue weighted by Gasteiger charge is -2.05. The normalized spacial score (nSPS) is 10.5. The van der Waals surface area contributed by atoms with Gasteiger partial charge >= 0.3 is 5.97 Å². The van der Waals surface area contributed by atoms with E-state index in [1.54, 1.807) is 12.1 Å². The van der Waals surface area contributed by atoms with Crippen LogP contribution in [0.2, 0.25) is 0 Å². The highest BCUT2D eigenvalue weighted by Gasteiger charge is 2.21. The summed E-state index contributed by atoms with van der Waals surface area (Å²) in [5.74, 6) is -0.937. The van der Waals surface area contributed by atoms with Crippen molar-refractivity contribution in [2.45, 2.75) is 0 Å². The summed E-state index contributed by atoms with van der Waals surface area (Å²) in [7, 11) is 0. The van der Waals surface area contributed by atoms with E-state index in [0.29, 0.717) is 11.3 Å². The molecule has 13 heteroatoms. The van der Waals surface area contributed by atoms with Gasteiger partial charge in [0.2, 0.25) is 0 Å². The number of nitro benzene ring substituents is 3. The number of esters is 1. The van der Waals surface area contributed by atoms with Gasteiger partial charge in [0, 0.05) is 24.3 Å². The molecule has 0 spiro atoms. The van der Waals surface area contributed by atoms with Crippen molar-refractivity contribution < 1.29 is 24.3 Å². The van der Waals surface area contributed by atoms with E-state index in [4.69, 9.17) is 4.74 Å². The predicted octanol–water partition coefficient (Wildman–Crippen LogP) is 4.08. The number of nitrogens with zero attached hydrogens (tertiary/aromatic N) is 4. The van der Waals surface area contributed by atoms with Gasteiger partial charge in [-0.15, -0.1) is 0 Å². The van der Waals surface area contributed by atoms with Gasteiger partial charge in [-0.05, 0) is 29.8 Å². The van der Waals surface area contributed by atoms with E-state index in [1.807, 2.05) is 0 Å². The maximum atomic E-state index is 12.4. The Hall–Kier alpha value is -5.20. The molecule has 3 aromatic carbocycles. The number of anilines is 1. The Labute approximate surface area is 184 Å². The maximum absolute atomic E-state index is 12.4. The Bertz CT molecular complexity index is 1240. The van der Waals surface area contributed by atoms with Crippen LogP contribution in [0.15, 0.2) is 71.8 Å². The average Bonchev–Trinajstić information content (AvgIpc) is 2.79. The topological polar surface area (TPSA) is 180 Å². The van der Waals surface area contributed by atoms with Crippen molar-refractivity contribution in [1.82, 2.24) is 0 Å². The zero-order valence-electron chi connectivity index (χ0n) is 16.5. The lowest BCUT2D eigenvalue weighted by atomic mass is 10.1. The number of hydrogen-bond donors (Lipinski definition) is 1. The monoisotopic (exact) mass is 451 g/mol. The minimum absolute atomic E-state index is 0.0619. The van der Waals surface area contributed by atoms with Gasteiger partial charge in [0.15, 0.2) is 0 Å². The lowest BCUT2D eigenvalue weighted by Crippen LogP contribution is -2.10. The van der Waals surface area contributed by atoms with Crippen LogP contribution < -0.4 is 10.2 Å². The first kappa shape index (κ1) is 22.5. The van der Waals surface area contributed by atoms with E-state index in [2.05, 4.69) is 10.5 Å². The smallest absolute Gasteiger partial charge is 0.344 e. The second-order valence-electron chi connectivity index (χ2n) is 6.39. The standard InChI is InChI=1S/C20H13N5O8/c26-20(14-9-17(24(29)30)11-18(10-14)25(31)32)33-19-3-1-2-13(8-19)12-21-22-15-4-6-16(7-5-15)23(27)28/h1-12,22H/b21-12+. The third-order valence-electron chi connectivity index (χ3n) is 4.11. The summed E-state index contributed by atoms with van der Waals surface area (Å²) < 4.78 is 5.18. The molecule has 0 amide bonds. The Morgan fingerprint density at radius 3 is 2.00 bits per heavy atom. The molecular formula is C20H13N5O8. The molecule has 3 aromatic rings. The van der Waals surface area contributed by atoms with Gasteiger partial charge in [0.1, 0.15) is 5.75 Å². The molecule has 0 saturated heterocycles. The molecule has 0 aliphatic rings. The highest BCUT2D eigenvalue weighted by molar-refractivity contribution is 5.93. The molecule has 0 bridgehead atoms. The van der Waals surface area contributed by atoms with Crippen LogP contribution in [0.1, 0.15) is 15.9 Å². The number of non-ortho nitro benzene ring substituents is 3. The molecular weight excluding hydrogens is 438 g/mol. The van der Waals surface area contributed by atoms with Crippen LogP contribution in [0.4, 0.5) is 22.7 Å². The predicted molar refractivity (Wildman–Crippen MR) is 115 cm³/mol. The molecule has 0 aliphatic carbocycles. The van der Waals surface area contributed by atoms with E-state index in [1.165, 1.54) is 42.6 Å². The van der Waals surface area contributed by atoms with Gasteiger partial charge in [-0.2, -0.15) is 5.10 Å². The first-order chi connectivity index (χ1) is 15.7. The Morgan fingerprint density at radius 2 is 1.42 bits per heavy atom. The molecule has 0 aromatic heterocycles. The van der Waals surface area contributed by atoms with Crippen molar-refractivity contribution in [3.63, 3.8) is 0 Å². The summed E-state index contributed by atoms with van der Waals surface area (Å²) in [5.41, 5.74) is 2.06. The molecule has 3 rings (SSSR count). The van der Waals surface area contributed by atoms with E-state index in [0.717, 1.165) is 18.2 Å². The van der Waals surface area contributed by atoms with E-state index < -0.39 is 32.1 Å². The first-order valence-corrected chi connectivity index (χ1v) is 9.02. The fourth-order valence-electron chi connectivity index (χ4n) is 2.59. The quantitative estimate of drug-likeness (QED) is 0.173. The first-order valence-electron chi connectivity index (χ1n) is 9.02. The number of benzene rings is 3. The van der Waals surface area contributed by atoms with E-state index >= 15 is 0 Å². The SMILES string of the molecule is O=C(Oc1cccc(/C=N/Nc2ccc([N+](=O)[O-])cc2)c1)c1cc([N+](=O)[O-])cc([N+](=O)[O-])c1. The molecule has 0 heterocycles. The molecule has 0 radical (unpaired) electrons. The number of nitrogens with one attached hydrogen (secondary N) is 1. The van der Waals surface area contributed by atoms with Gasteiger partial charge in [-0.3, -0.25) is 35.8 Å². The molecule has 0 aliphatic heterocycles.